The summed E-state index contributed by atoms with van der Waals surface area (Å²) in [4.78, 5) is 37.1. The van der Waals surface area contributed by atoms with Crippen LogP contribution in [0, 0.1) is 0 Å². The fourth-order valence-corrected chi connectivity index (χ4v) is 2.12. The highest BCUT2D eigenvalue weighted by Gasteiger charge is 2.41. The first-order valence-corrected chi connectivity index (χ1v) is 5.67. The topological polar surface area (TPSA) is 82.1 Å². The zero-order valence-corrected chi connectivity index (χ0v) is 11.5. The third kappa shape index (κ3) is 1.70. The number of ether oxygens (including phenoxy) is 3. The largest absolute Gasteiger partial charge is 0.496 e. The van der Waals surface area contributed by atoms with Crippen molar-refractivity contribution >= 4 is 17.8 Å². The number of nitrogens with zero attached hydrogens (tertiary/aromatic N) is 1. The van der Waals surface area contributed by atoms with Gasteiger partial charge in [-0.1, -0.05) is 0 Å². The summed E-state index contributed by atoms with van der Waals surface area (Å²) in [6, 6.07) is 1.38. The summed E-state index contributed by atoms with van der Waals surface area (Å²) in [7, 11) is 5.22. The molecule has 0 aliphatic carbocycles. The van der Waals surface area contributed by atoms with Crippen LogP contribution >= 0.6 is 0 Å². The summed E-state index contributed by atoms with van der Waals surface area (Å²) in [6.07, 6.45) is 0. The lowest BCUT2D eigenvalue weighted by atomic mass is 10.0. The van der Waals surface area contributed by atoms with E-state index in [-0.39, 0.29) is 28.2 Å². The number of methoxy groups -OCH3 is 3. The third-order valence-corrected chi connectivity index (χ3v) is 3.12. The van der Waals surface area contributed by atoms with Gasteiger partial charge in [-0.15, -0.1) is 0 Å². The monoisotopic (exact) mass is 279 g/mol. The van der Waals surface area contributed by atoms with Crippen LogP contribution in [0.2, 0.25) is 0 Å². The fraction of sp³-hybridized carbons (Fsp3) is 0.308. The Morgan fingerprint density at radius 2 is 1.55 bits per heavy atom. The van der Waals surface area contributed by atoms with Crippen LogP contribution in [-0.2, 0) is 4.74 Å². The summed E-state index contributed by atoms with van der Waals surface area (Å²) in [5.74, 6) is -1.59. The number of imide groups is 1. The third-order valence-electron chi connectivity index (χ3n) is 3.12. The van der Waals surface area contributed by atoms with Crippen molar-refractivity contribution in [2.75, 3.05) is 28.4 Å². The average molecular weight is 279 g/mol. The van der Waals surface area contributed by atoms with Gasteiger partial charge < -0.3 is 14.2 Å². The SMILES string of the molecule is COC(=O)c1c(OC)cc(OC)c2c1C(=O)N(C)C2=O. The van der Waals surface area contributed by atoms with E-state index in [1.807, 2.05) is 0 Å². The number of hydrogen-bond donors (Lipinski definition) is 0. The van der Waals surface area contributed by atoms with E-state index < -0.39 is 17.8 Å². The molecule has 1 heterocycles. The lowest BCUT2D eigenvalue weighted by Crippen LogP contribution is -2.25. The van der Waals surface area contributed by atoms with Crippen molar-refractivity contribution in [2.45, 2.75) is 0 Å². The van der Waals surface area contributed by atoms with Crippen LogP contribution in [-0.4, -0.2) is 51.1 Å². The lowest BCUT2D eigenvalue weighted by molar-refractivity contribution is 0.0587. The Bertz CT molecular complexity index is 622. The molecule has 0 bridgehead atoms. The molecule has 0 saturated heterocycles. The van der Waals surface area contributed by atoms with E-state index in [1.54, 1.807) is 0 Å². The molecule has 1 aromatic carbocycles. The minimum absolute atomic E-state index is 0.0428. The summed E-state index contributed by atoms with van der Waals surface area (Å²) in [5, 5.41) is 0. The Hall–Kier alpha value is -2.57. The van der Waals surface area contributed by atoms with Gasteiger partial charge in [0.1, 0.15) is 17.1 Å². The molecule has 1 aliphatic rings. The molecule has 0 radical (unpaired) electrons. The molecule has 7 heteroatoms. The molecule has 0 N–H and O–H groups in total. The van der Waals surface area contributed by atoms with Gasteiger partial charge in [0.05, 0.1) is 32.5 Å². The van der Waals surface area contributed by atoms with Crippen LogP contribution in [0.15, 0.2) is 6.07 Å². The molecule has 7 nitrogen and oxygen atoms in total. The Morgan fingerprint density at radius 3 is 2.05 bits per heavy atom. The van der Waals surface area contributed by atoms with Gasteiger partial charge in [0.25, 0.3) is 11.8 Å². The number of fused-ring (bicyclic) bond motifs is 1. The van der Waals surface area contributed by atoms with E-state index >= 15 is 0 Å². The molecular weight excluding hydrogens is 266 g/mol. The van der Waals surface area contributed by atoms with Gasteiger partial charge in [0.15, 0.2) is 0 Å². The Kier molecular flexibility index (Phi) is 3.35. The summed E-state index contributed by atoms with van der Waals surface area (Å²) in [5.41, 5.74) is -0.0877. The van der Waals surface area contributed by atoms with Gasteiger partial charge in [-0.05, 0) is 0 Å². The van der Waals surface area contributed by atoms with E-state index in [2.05, 4.69) is 4.74 Å². The van der Waals surface area contributed by atoms with Crippen LogP contribution in [0.5, 0.6) is 11.5 Å². The predicted octanol–water partition coefficient (Wildman–Crippen LogP) is 0.716. The van der Waals surface area contributed by atoms with Gasteiger partial charge in [0.2, 0.25) is 0 Å². The van der Waals surface area contributed by atoms with Gasteiger partial charge in [-0.3, -0.25) is 14.5 Å². The predicted molar refractivity (Wildman–Crippen MR) is 67.3 cm³/mol. The van der Waals surface area contributed by atoms with Crippen molar-refractivity contribution in [2.24, 2.45) is 0 Å². The number of rotatable bonds is 3. The molecule has 0 unspecified atom stereocenters. The van der Waals surface area contributed by atoms with E-state index in [0.717, 1.165) is 4.90 Å². The zero-order chi connectivity index (χ0) is 15.0. The number of esters is 1. The normalized spacial score (nSPS) is 13.3. The van der Waals surface area contributed by atoms with Gasteiger partial charge in [0, 0.05) is 13.1 Å². The highest BCUT2D eigenvalue weighted by molar-refractivity contribution is 6.26. The molecule has 1 aromatic rings. The molecule has 20 heavy (non-hydrogen) atoms. The van der Waals surface area contributed by atoms with Crippen LogP contribution < -0.4 is 9.47 Å². The van der Waals surface area contributed by atoms with Gasteiger partial charge in [-0.25, -0.2) is 4.79 Å². The van der Waals surface area contributed by atoms with Crippen molar-refractivity contribution < 1.29 is 28.6 Å². The zero-order valence-electron chi connectivity index (χ0n) is 11.5. The molecule has 0 fully saturated rings. The van der Waals surface area contributed by atoms with Crippen molar-refractivity contribution in [3.05, 3.63) is 22.8 Å². The van der Waals surface area contributed by atoms with Crippen LogP contribution in [0.3, 0.4) is 0 Å². The van der Waals surface area contributed by atoms with Crippen molar-refractivity contribution in [3.63, 3.8) is 0 Å². The lowest BCUT2D eigenvalue weighted by Gasteiger charge is -2.12. The standard InChI is InChI=1S/C13H13NO6/c1-14-11(15)8-6(18-2)5-7(19-3)9(13(17)20-4)10(8)12(14)16/h5H,1-4H3. The summed E-state index contributed by atoms with van der Waals surface area (Å²) in [6.45, 7) is 0. The van der Waals surface area contributed by atoms with E-state index in [9.17, 15) is 14.4 Å². The minimum atomic E-state index is -0.753. The van der Waals surface area contributed by atoms with Crippen LogP contribution in [0.4, 0.5) is 0 Å². The number of hydrogen-bond acceptors (Lipinski definition) is 6. The van der Waals surface area contributed by atoms with Crippen molar-refractivity contribution in [1.82, 2.24) is 4.90 Å². The highest BCUT2D eigenvalue weighted by atomic mass is 16.5. The summed E-state index contributed by atoms with van der Waals surface area (Å²) < 4.78 is 14.8. The Morgan fingerprint density at radius 1 is 1.00 bits per heavy atom. The van der Waals surface area contributed by atoms with Crippen molar-refractivity contribution in [3.8, 4) is 11.5 Å². The first kappa shape index (κ1) is 13.9. The van der Waals surface area contributed by atoms with Crippen LogP contribution in [0.1, 0.15) is 31.1 Å². The molecule has 0 spiro atoms. The molecule has 1 aliphatic heterocycles. The minimum Gasteiger partial charge on any atom is -0.496 e. The smallest absolute Gasteiger partial charge is 0.342 e. The summed E-state index contributed by atoms with van der Waals surface area (Å²) >= 11 is 0. The Balaban J connectivity index is 2.87. The van der Waals surface area contributed by atoms with Crippen molar-refractivity contribution in [1.29, 1.82) is 0 Å². The quantitative estimate of drug-likeness (QED) is 0.599. The molecule has 2 rings (SSSR count). The molecule has 0 aromatic heterocycles. The highest BCUT2D eigenvalue weighted by Crippen LogP contribution is 2.38. The molecule has 0 atom stereocenters. The molecule has 106 valence electrons. The second-order valence-corrected chi connectivity index (χ2v) is 4.07. The second kappa shape index (κ2) is 4.84. The van der Waals surface area contributed by atoms with E-state index in [4.69, 9.17) is 9.47 Å². The fourth-order valence-electron chi connectivity index (χ4n) is 2.12. The number of benzene rings is 1. The average Bonchev–Trinajstić information content (AvgIpc) is 2.70. The molecular formula is C13H13NO6. The second-order valence-electron chi connectivity index (χ2n) is 4.07. The van der Waals surface area contributed by atoms with E-state index in [0.29, 0.717) is 0 Å². The maximum Gasteiger partial charge on any atom is 0.342 e. The van der Waals surface area contributed by atoms with Gasteiger partial charge in [-0.2, -0.15) is 0 Å². The molecule has 2 amide bonds. The number of amides is 2. The maximum atomic E-state index is 12.2. The first-order chi connectivity index (χ1) is 9.47. The molecule has 0 saturated carbocycles. The van der Waals surface area contributed by atoms with Crippen LogP contribution in [0.25, 0.3) is 0 Å². The number of carbonyl (C=O) groups excluding carboxylic acids is 3. The van der Waals surface area contributed by atoms with Gasteiger partial charge >= 0.3 is 5.97 Å². The maximum absolute atomic E-state index is 12.2. The van der Waals surface area contributed by atoms with E-state index in [1.165, 1.54) is 34.4 Å². The number of carbonyl (C=O) groups is 3. The first-order valence-electron chi connectivity index (χ1n) is 5.67. The Labute approximate surface area is 115 Å².